The van der Waals surface area contributed by atoms with Crippen LogP contribution in [0.5, 0.6) is 0 Å². The maximum absolute atomic E-state index is 12.5. The molecule has 4 unspecified atom stereocenters. The first-order valence-corrected chi connectivity index (χ1v) is 10.1. The van der Waals surface area contributed by atoms with Crippen molar-refractivity contribution >= 4 is 6.03 Å². The third-order valence-corrected chi connectivity index (χ3v) is 7.03. The lowest BCUT2D eigenvalue weighted by Gasteiger charge is -2.56. The fourth-order valence-corrected chi connectivity index (χ4v) is 5.93. The van der Waals surface area contributed by atoms with Gasteiger partial charge in [-0.25, -0.2) is 4.79 Å². The molecule has 2 amide bonds. The maximum Gasteiger partial charge on any atom is 0.315 e. The van der Waals surface area contributed by atoms with Gasteiger partial charge in [-0.15, -0.1) is 0 Å². The van der Waals surface area contributed by atoms with E-state index in [0.717, 1.165) is 26.1 Å². The largest absolute Gasteiger partial charge is 0.377 e. The van der Waals surface area contributed by atoms with E-state index >= 15 is 0 Å². The molecule has 4 aliphatic rings. The molecule has 0 aromatic heterocycles. The van der Waals surface area contributed by atoms with Crippen LogP contribution in [0.15, 0.2) is 0 Å². The van der Waals surface area contributed by atoms with Crippen molar-refractivity contribution in [1.82, 2.24) is 15.5 Å². The van der Waals surface area contributed by atoms with E-state index in [2.05, 4.69) is 22.5 Å². The summed E-state index contributed by atoms with van der Waals surface area (Å²) in [6.07, 6.45) is 9.01. The minimum atomic E-state index is 0.0468. The number of hydrogen-bond acceptors (Lipinski definition) is 3. The van der Waals surface area contributed by atoms with Crippen molar-refractivity contribution < 1.29 is 9.53 Å². The van der Waals surface area contributed by atoms with E-state index in [4.69, 9.17) is 4.74 Å². The summed E-state index contributed by atoms with van der Waals surface area (Å²) in [6.45, 7) is 7.45. The molecule has 2 aliphatic carbocycles. The molecule has 5 heteroatoms. The number of fused-ring (bicyclic) bond motifs is 2. The van der Waals surface area contributed by atoms with E-state index in [1.54, 1.807) is 0 Å². The third kappa shape index (κ3) is 2.84. The Bertz CT molecular complexity index is 464. The van der Waals surface area contributed by atoms with Gasteiger partial charge in [0.25, 0.3) is 0 Å². The van der Waals surface area contributed by atoms with Crippen LogP contribution in [0.2, 0.25) is 0 Å². The summed E-state index contributed by atoms with van der Waals surface area (Å²) in [4.78, 5) is 15.0. The predicted molar refractivity (Wildman–Crippen MR) is 93.9 cm³/mol. The summed E-state index contributed by atoms with van der Waals surface area (Å²) >= 11 is 0. The molecule has 2 saturated heterocycles. The molecule has 136 valence electrons. The number of nitrogens with one attached hydrogen (secondary N) is 2. The number of likely N-dealkylation sites (tertiary alicyclic amines) is 1. The lowest BCUT2D eigenvalue weighted by Crippen LogP contribution is -2.69. The number of urea groups is 1. The van der Waals surface area contributed by atoms with Gasteiger partial charge in [-0.1, -0.05) is 19.8 Å². The summed E-state index contributed by atoms with van der Waals surface area (Å²) in [5, 5.41) is 6.49. The first kappa shape index (κ1) is 16.6. The minimum Gasteiger partial charge on any atom is -0.377 e. The zero-order chi connectivity index (χ0) is 16.6. The first-order chi connectivity index (χ1) is 11.7. The van der Waals surface area contributed by atoms with E-state index in [-0.39, 0.29) is 11.4 Å². The highest BCUT2D eigenvalue weighted by Gasteiger charge is 2.65. The Morgan fingerprint density at radius 2 is 2.12 bits per heavy atom. The molecule has 4 fully saturated rings. The molecule has 24 heavy (non-hydrogen) atoms. The summed E-state index contributed by atoms with van der Waals surface area (Å²) in [6, 6.07) is 0.387. The SMILES string of the molecule is CCCN1CCC(CNC(=O)NC2C3CCOC3C23CCCC3)C1. The van der Waals surface area contributed by atoms with Gasteiger partial charge in [0.15, 0.2) is 0 Å². The number of amides is 2. The first-order valence-electron chi connectivity index (χ1n) is 10.1. The number of nitrogens with zero attached hydrogens (tertiary/aromatic N) is 1. The Morgan fingerprint density at radius 3 is 2.92 bits per heavy atom. The molecule has 0 aromatic rings. The fourth-order valence-electron chi connectivity index (χ4n) is 5.93. The van der Waals surface area contributed by atoms with E-state index in [1.807, 2.05) is 0 Å². The van der Waals surface area contributed by atoms with Gasteiger partial charge in [0.1, 0.15) is 0 Å². The Balaban J connectivity index is 1.26. The monoisotopic (exact) mass is 335 g/mol. The number of hydrogen-bond donors (Lipinski definition) is 2. The average Bonchev–Trinajstić information content (AvgIpc) is 3.30. The Hall–Kier alpha value is -0.810. The molecule has 5 nitrogen and oxygen atoms in total. The summed E-state index contributed by atoms with van der Waals surface area (Å²) in [7, 11) is 0. The quantitative estimate of drug-likeness (QED) is 0.811. The number of rotatable bonds is 5. The topological polar surface area (TPSA) is 53.6 Å². The van der Waals surface area contributed by atoms with Crippen molar-refractivity contribution in [1.29, 1.82) is 0 Å². The van der Waals surface area contributed by atoms with Gasteiger partial charge in [0.2, 0.25) is 0 Å². The van der Waals surface area contributed by atoms with Gasteiger partial charge < -0.3 is 20.3 Å². The Morgan fingerprint density at radius 1 is 1.29 bits per heavy atom. The fraction of sp³-hybridized carbons (Fsp3) is 0.947. The molecule has 1 spiro atoms. The molecule has 0 bridgehead atoms. The molecular weight excluding hydrogens is 302 g/mol. The van der Waals surface area contributed by atoms with Crippen LogP contribution in [0.3, 0.4) is 0 Å². The zero-order valence-electron chi connectivity index (χ0n) is 15.1. The van der Waals surface area contributed by atoms with Gasteiger partial charge in [0, 0.05) is 37.1 Å². The molecule has 2 aliphatic heterocycles. The second-order valence-electron chi connectivity index (χ2n) is 8.47. The zero-order valence-corrected chi connectivity index (χ0v) is 15.1. The summed E-state index contributed by atoms with van der Waals surface area (Å²) in [5.74, 6) is 1.17. The summed E-state index contributed by atoms with van der Waals surface area (Å²) in [5.41, 5.74) is 0.254. The van der Waals surface area contributed by atoms with E-state index in [1.165, 1.54) is 51.6 Å². The van der Waals surface area contributed by atoms with Crippen molar-refractivity contribution in [3.8, 4) is 0 Å². The average molecular weight is 335 g/mol. The van der Waals surface area contributed by atoms with Crippen LogP contribution in [0, 0.1) is 17.3 Å². The van der Waals surface area contributed by atoms with Crippen LogP contribution in [-0.4, -0.2) is 55.9 Å². The minimum absolute atomic E-state index is 0.0468. The Labute approximate surface area is 145 Å². The van der Waals surface area contributed by atoms with E-state index in [9.17, 15) is 4.79 Å². The van der Waals surface area contributed by atoms with Crippen molar-refractivity contribution in [2.24, 2.45) is 17.3 Å². The van der Waals surface area contributed by atoms with Gasteiger partial charge in [-0.2, -0.15) is 0 Å². The van der Waals surface area contributed by atoms with Crippen molar-refractivity contribution in [2.75, 3.05) is 32.8 Å². The summed E-state index contributed by atoms with van der Waals surface area (Å²) < 4.78 is 6.00. The Kier molecular flexibility index (Phi) is 4.74. The molecule has 2 heterocycles. The van der Waals surface area contributed by atoms with Crippen LogP contribution in [0.1, 0.15) is 51.9 Å². The standard InChI is InChI=1S/C19H33N3O2/c1-2-9-22-10-5-14(13-22)12-20-18(23)21-16-15-6-11-24-17(15)19(16)7-3-4-8-19/h14-17H,2-13H2,1H3,(H2,20,21,23). The second-order valence-corrected chi connectivity index (χ2v) is 8.47. The van der Waals surface area contributed by atoms with Crippen molar-refractivity contribution in [3.05, 3.63) is 0 Å². The molecule has 2 saturated carbocycles. The van der Waals surface area contributed by atoms with Gasteiger partial charge in [0.05, 0.1) is 6.10 Å². The van der Waals surface area contributed by atoms with E-state index < -0.39 is 0 Å². The maximum atomic E-state index is 12.5. The van der Waals surface area contributed by atoms with Gasteiger partial charge in [-0.3, -0.25) is 0 Å². The second kappa shape index (κ2) is 6.83. The third-order valence-electron chi connectivity index (χ3n) is 7.03. The highest BCUT2D eigenvalue weighted by molar-refractivity contribution is 5.74. The number of carbonyl (C=O) groups is 1. The highest BCUT2D eigenvalue weighted by Crippen LogP contribution is 2.60. The molecule has 2 N–H and O–H groups in total. The van der Waals surface area contributed by atoms with Gasteiger partial charge >= 0.3 is 6.03 Å². The predicted octanol–water partition coefficient (Wildman–Crippen LogP) is 2.37. The highest BCUT2D eigenvalue weighted by atomic mass is 16.5. The smallest absolute Gasteiger partial charge is 0.315 e. The van der Waals surface area contributed by atoms with Crippen LogP contribution in [0.4, 0.5) is 4.79 Å². The van der Waals surface area contributed by atoms with Crippen molar-refractivity contribution in [3.63, 3.8) is 0 Å². The lowest BCUT2D eigenvalue weighted by atomic mass is 9.54. The molecular formula is C19H33N3O2. The molecule has 0 aromatic carbocycles. The molecule has 4 rings (SSSR count). The molecule has 0 radical (unpaired) electrons. The number of ether oxygens (including phenoxy) is 1. The van der Waals surface area contributed by atoms with Crippen molar-refractivity contribution in [2.45, 2.75) is 64.0 Å². The van der Waals surface area contributed by atoms with Crippen LogP contribution >= 0.6 is 0 Å². The van der Waals surface area contributed by atoms with Crippen LogP contribution < -0.4 is 10.6 Å². The number of carbonyl (C=O) groups excluding carboxylic acids is 1. The normalized spacial score (nSPS) is 37.4. The lowest BCUT2D eigenvalue weighted by molar-refractivity contribution is -0.126. The van der Waals surface area contributed by atoms with Crippen LogP contribution in [-0.2, 0) is 4.74 Å². The van der Waals surface area contributed by atoms with E-state index in [0.29, 0.717) is 24.0 Å². The van der Waals surface area contributed by atoms with Gasteiger partial charge in [-0.05, 0) is 51.1 Å². The molecule has 4 atom stereocenters. The van der Waals surface area contributed by atoms with Crippen LogP contribution in [0.25, 0.3) is 0 Å².